The summed E-state index contributed by atoms with van der Waals surface area (Å²) in [5, 5.41) is 7.42. The lowest BCUT2D eigenvalue weighted by molar-refractivity contribution is 1.12. The van der Waals surface area contributed by atoms with E-state index >= 15 is 0 Å². The van der Waals surface area contributed by atoms with Gasteiger partial charge in [-0.25, -0.2) is 4.98 Å². The summed E-state index contributed by atoms with van der Waals surface area (Å²) >= 11 is 0. The van der Waals surface area contributed by atoms with Crippen LogP contribution in [0.25, 0.3) is 21.8 Å². The first kappa shape index (κ1) is 8.05. The van der Waals surface area contributed by atoms with Crippen LogP contribution in [0, 0.1) is 0 Å². The zero-order valence-corrected chi connectivity index (χ0v) is 7.74. The fourth-order valence-corrected chi connectivity index (χ4v) is 1.75. The van der Waals surface area contributed by atoms with Gasteiger partial charge >= 0.3 is 0 Å². The number of aromatic amines is 2. The zero-order valence-electron chi connectivity index (χ0n) is 7.74. The van der Waals surface area contributed by atoms with Crippen LogP contribution in [0.1, 0.15) is 0 Å². The van der Waals surface area contributed by atoms with Crippen molar-refractivity contribution in [2.24, 2.45) is 0 Å². The van der Waals surface area contributed by atoms with Crippen LogP contribution in [0.15, 0.2) is 29.2 Å². The Morgan fingerprint density at radius 2 is 2.13 bits per heavy atom. The van der Waals surface area contributed by atoms with Crippen LogP contribution in [0.3, 0.4) is 0 Å². The van der Waals surface area contributed by atoms with Gasteiger partial charge in [0.2, 0.25) is 0 Å². The summed E-state index contributed by atoms with van der Waals surface area (Å²) in [5.41, 5.74) is 7.19. The van der Waals surface area contributed by atoms with E-state index in [1.807, 2.05) is 0 Å². The van der Waals surface area contributed by atoms with Crippen molar-refractivity contribution in [2.75, 3.05) is 5.73 Å². The summed E-state index contributed by atoms with van der Waals surface area (Å²) in [7, 11) is 0. The number of aromatic nitrogens is 3. The molecule has 0 radical (unpaired) electrons. The highest BCUT2D eigenvalue weighted by Crippen LogP contribution is 2.24. The van der Waals surface area contributed by atoms with Crippen molar-refractivity contribution in [1.29, 1.82) is 0 Å². The van der Waals surface area contributed by atoms with Gasteiger partial charge < -0.3 is 10.8 Å². The van der Waals surface area contributed by atoms with E-state index in [-0.39, 0.29) is 5.43 Å². The van der Waals surface area contributed by atoms with Gasteiger partial charge in [-0.05, 0) is 18.2 Å². The smallest absolute Gasteiger partial charge is 0.179 e. The molecule has 5 heteroatoms. The van der Waals surface area contributed by atoms with Crippen LogP contribution in [-0.4, -0.2) is 15.2 Å². The standard InChI is InChI=1S/C10H8N4O/c11-10-9-7(4-12-14-9)6-3-5(15)1-2-8(6)13-10/h1-4,12,14H,11H2. The molecule has 4 N–H and O–H groups in total. The number of nitrogen functional groups attached to an aromatic ring is 1. The van der Waals surface area contributed by atoms with E-state index in [1.54, 1.807) is 18.3 Å². The molecule has 3 aromatic rings. The van der Waals surface area contributed by atoms with Crippen LogP contribution in [0.2, 0.25) is 0 Å². The van der Waals surface area contributed by atoms with Gasteiger partial charge in [-0.1, -0.05) is 0 Å². The highest BCUT2D eigenvalue weighted by atomic mass is 16.1. The largest absolute Gasteiger partial charge is 0.382 e. The highest BCUT2D eigenvalue weighted by molar-refractivity contribution is 6.07. The van der Waals surface area contributed by atoms with Crippen LogP contribution in [-0.2, 0) is 0 Å². The molecule has 74 valence electrons. The van der Waals surface area contributed by atoms with Crippen molar-refractivity contribution in [2.45, 2.75) is 0 Å². The molecule has 1 aromatic carbocycles. The molecule has 0 atom stereocenters. The predicted molar refractivity (Wildman–Crippen MR) is 58.6 cm³/mol. The Hall–Kier alpha value is -2.30. The Morgan fingerprint density at radius 1 is 1.27 bits per heavy atom. The van der Waals surface area contributed by atoms with E-state index in [4.69, 9.17) is 5.73 Å². The minimum Gasteiger partial charge on any atom is -0.382 e. The molecule has 0 spiro atoms. The Balaban J connectivity index is 2.67. The predicted octanol–water partition coefficient (Wildman–Crippen LogP) is 0.987. The number of hydrogen-bond donors (Lipinski definition) is 3. The number of pyridine rings is 1. The third kappa shape index (κ3) is 1.03. The van der Waals surface area contributed by atoms with Gasteiger partial charge in [0.1, 0.15) is 11.3 Å². The fourth-order valence-electron chi connectivity index (χ4n) is 1.75. The molecule has 0 fully saturated rings. The molecule has 3 rings (SSSR count). The first-order chi connectivity index (χ1) is 7.25. The minimum absolute atomic E-state index is 0.0310. The number of nitrogens with two attached hydrogens (primary N) is 1. The lowest BCUT2D eigenvalue weighted by atomic mass is 10.1. The molecular formula is C10H8N4O. The van der Waals surface area contributed by atoms with Crippen molar-refractivity contribution in [3.8, 4) is 0 Å². The van der Waals surface area contributed by atoms with Crippen molar-refractivity contribution in [3.05, 3.63) is 34.6 Å². The summed E-state index contributed by atoms with van der Waals surface area (Å²) in [6.07, 6.45) is 1.77. The van der Waals surface area contributed by atoms with E-state index in [2.05, 4.69) is 15.2 Å². The van der Waals surface area contributed by atoms with Gasteiger partial charge in [-0.3, -0.25) is 9.89 Å². The Labute approximate surface area is 83.9 Å². The molecule has 0 unspecified atom stereocenters. The Bertz CT molecular complexity index is 710. The van der Waals surface area contributed by atoms with Gasteiger partial charge in [-0.15, -0.1) is 0 Å². The minimum atomic E-state index is -0.0310. The molecule has 2 aromatic heterocycles. The molecule has 0 aliphatic rings. The first-order valence-corrected chi connectivity index (χ1v) is 4.51. The molecule has 0 bridgehead atoms. The monoisotopic (exact) mass is 200 g/mol. The molecule has 2 heterocycles. The number of rotatable bonds is 0. The number of benzene rings is 1. The summed E-state index contributed by atoms with van der Waals surface area (Å²) < 4.78 is 0. The van der Waals surface area contributed by atoms with Gasteiger partial charge in [0.25, 0.3) is 0 Å². The van der Waals surface area contributed by atoms with E-state index in [0.717, 1.165) is 21.8 Å². The molecule has 0 amide bonds. The molecule has 0 saturated heterocycles. The number of fused-ring (bicyclic) bond motifs is 3. The molecule has 0 aliphatic carbocycles. The number of H-pyrrole nitrogens is 2. The number of nitrogens with zero attached hydrogens (tertiary/aromatic N) is 1. The van der Waals surface area contributed by atoms with Crippen molar-refractivity contribution >= 4 is 27.6 Å². The maximum atomic E-state index is 11.3. The highest BCUT2D eigenvalue weighted by Gasteiger charge is 2.06. The van der Waals surface area contributed by atoms with Gasteiger partial charge in [-0.2, -0.15) is 0 Å². The summed E-state index contributed by atoms with van der Waals surface area (Å²) in [6.45, 7) is 0. The SMILES string of the molecule is Nc1nc2ccc(=O)cc2c2c[nH][nH]c12. The van der Waals surface area contributed by atoms with E-state index < -0.39 is 0 Å². The summed E-state index contributed by atoms with van der Waals surface area (Å²) in [5.74, 6) is 0.428. The molecular weight excluding hydrogens is 192 g/mol. The average molecular weight is 200 g/mol. The second-order valence-electron chi connectivity index (χ2n) is 3.38. The average Bonchev–Trinajstić information content (AvgIpc) is 2.69. The second-order valence-corrected chi connectivity index (χ2v) is 3.38. The van der Waals surface area contributed by atoms with E-state index in [0.29, 0.717) is 5.82 Å². The molecule has 0 aliphatic heterocycles. The maximum Gasteiger partial charge on any atom is 0.179 e. The van der Waals surface area contributed by atoms with Crippen molar-refractivity contribution < 1.29 is 0 Å². The van der Waals surface area contributed by atoms with E-state index in [1.165, 1.54) is 6.07 Å². The molecule has 15 heavy (non-hydrogen) atoms. The Morgan fingerprint density at radius 3 is 3.00 bits per heavy atom. The zero-order chi connectivity index (χ0) is 10.4. The Kier molecular flexibility index (Phi) is 1.39. The maximum absolute atomic E-state index is 11.3. The lowest BCUT2D eigenvalue weighted by Crippen LogP contribution is -1.98. The lowest BCUT2D eigenvalue weighted by Gasteiger charge is -2.00. The summed E-state index contributed by atoms with van der Waals surface area (Å²) in [6, 6.07) is 4.73. The van der Waals surface area contributed by atoms with Crippen LogP contribution >= 0.6 is 0 Å². The van der Waals surface area contributed by atoms with Gasteiger partial charge in [0.05, 0.1) is 5.52 Å². The topological polar surface area (TPSA) is 87.6 Å². The third-order valence-corrected chi connectivity index (χ3v) is 2.44. The van der Waals surface area contributed by atoms with Crippen LogP contribution in [0.5, 0.6) is 0 Å². The number of hydrogen-bond acceptors (Lipinski definition) is 3. The normalized spacial score (nSPS) is 11.2. The van der Waals surface area contributed by atoms with Crippen molar-refractivity contribution in [1.82, 2.24) is 15.2 Å². The summed E-state index contributed by atoms with van der Waals surface area (Å²) in [4.78, 5) is 15.5. The molecule has 0 saturated carbocycles. The third-order valence-electron chi connectivity index (χ3n) is 2.44. The van der Waals surface area contributed by atoms with Gasteiger partial charge in [0.15, 0.2) is 5.43 Å². The number of anilines is 1. The van der Waals surface area contributed by atoms with Gasteiger partial charge in [0, 0.05) is 17.0 Å². The van der Waals surface area contributed by atoms with Crippen LogP contribution in [0.4, 0.5) is 5.82 Å². The molecule has 5 nitrogen and oxygen atoms in total. The van der Waals surface area contributed by atoms with Crippen molar-refractivity contribution in [3.63, 3.8) is 0 Å². The van der Waals surface area contributed by atoms with Crippen LogP contribution < -0.4 is 11.2 Å². The fraction of sp³-hybridized carbons (Fsp3) is 0. The second kappa shape index (κ2) is 2.60. The first-order valence-electron chi connectivity index (χ1n) is 4.51. The quantitative estimate of drug-likeness (QED) is 0.505. The number of nitrogens with one attached hydrogen (secondary N) is 2. The van der Waals surface area contributed by atoms with E-state index in [9.17, 15) is 4.79 Å².